The fraction of sp³-hybridized carbons (Fsp3) is 0.700. The monoisotopic (exact) mass is 240 g/mol. The minimum absolute atomic E-state index is 0.0133. The molecule has 0 aromatic rings. The predicted octanol–water partition coefficient (Wildman–Crippen LogP) is 2.20. The van der Waals surface area contributed by atoms with Gasteiger partial charge in [0.25, 0.3) is 0 Å². The van der Waals surface area contributed by atoms with E-state index >= 15 is 0 Å². The van der Waals surface area contributed by atoms with E-state index in [-0.39, 0.29) is 25.0 Å². The SMILES string of the molecule is C=C(C)C(=O)OCCCC(O)CC(F)(F)F. The van der Waals surface area contributed by atoms with Crippen LogP contribution in [0.25, 0.3) is 0 Å². The number of ether oxygens (including phenoxy) is 1. The third-order valence-electron chi connectivity index (χ3n) is 1.73. The fourth-order valence-corrected chi connectivity index (χ4v) is 0.976. The van der Waals surface area contributed by atoms with Crippen molar-refractivity contribution < 1.29 is 27.8 Å². The first kappa shape index (κ1) is 15.0. The van der Waals surface area contributed by atoms with E-state index in [9.17, 15) is 18.0 Å². The molecule has 0 aliphatic carbocycles. The third kappa shape index (κ3) is 8.28. The topological polar surface area (TPSA) is 46.5 Å². The lowest BCUT2D eigenvalue weighted by atomic mass is 10.1. The van der Waals surface area contributed by atoms with E-state index in [2.05, 4.69) is 11.3 Å². The van der Waals surface area contributed by atoms with Gasteiger partial charge in [0.15, 0.2) is 0 Å². The lowest BCUT2D eigenvalue weighted by Gasteiger charge is -2.12. The predicted molar refractivity (Wildman–Crippen MR) is 51.7 cm³/mol. The van der Waals surface area contributed by atoms with Crippen LogP contribution < -0.4 is 0 Å². The second kappa shape index (κ2) is 6.52. The zero-order chi connectivity index (χ0) is 12.8. The summed E-state index contributed by atoms with van der Waals surface area (Å²) in [6.07, 6.45) is -6.90. The number of carbonyl (C=O) groups excluding carboxylic acids is 1. The molecule has 1 atom stereocenters. The Hall–Kier alpha value is -1.04. The number of rotatable bonds is 6. The summed E-state index contributed by atoms with van der Waals surface area (Å²) < 4.78 is 40.0. The molecule has 0 saturated carbocycles. The number of aliphatic hydroxyl groups is 1. The van der Waals surface area contributed by atoms with Crippen LogP contribution in [0.15, 0.2) is 12.2 Å². The van der Waals surface area contributed by atoms with Gasteiger partial charge in [0.05, 0.1) is 19.1 Å². The van der Waals surface area contributed by atoms with Crippen molar-refractivity contribution in [2.75, 3.05) is 6.61 Å². The van der Waals surface area contributed by atoms with Gasteiger partial charge in [-0.3, -0.25) is 0 Å². The summed E-state index contributed by atoms with van der Waals surface area (Å²) in [6, 6.07) is 0. The molecule has 0 aliphatic rings. The van der Waals surface area contributed by atoms with E-state index in [4.69, 9.17) is 5.11 Å². The molecule has 1 N–H and O–H groups in total. The van der Waals surface area contributed by atoms with E-state index < -0.39 is 24.7 Å². The molecule has 0 saturated heterocycles. The molecule has 0 bridgehead atoms. The minimum atomic E-state index is -4.37. The van der Waals surface area contributed by atoms with Gasteiger partial charge in [-0.2, -0.15) is 13.2 Å². The van der Waals surface area contributed by atoms with Crippen LogP contribution in [0.5, 0.6) is 0 Å². The van der Waals surface area contributed by atoms with Gasteiger partial charge in [-0.25, -0.2) is 4.79 Å². The molecule has 0 fully saturated rings. The highest BCUT2D eigenvalue weighted by molar-refractivity contribution is 5.86. The second-order valence-corrected chi connectivity index (χ2v) is 3.53. The molecular formula is C10H15F3O3. The molecule has 0 spiro atoms. The first-order chi connectivity index (χ1) is 7.22. The zero-order valence-corrected chi connectivity index (χ0v) is 9.01. The molecule has 0 aromatic carbocycles. The summed E-state index contributed by atoms with van der Waals surface area (Å²) in [5.74, 6) is -0.578. The van der Waals surface area contributed by atoms with Crippen molar-refractivity contribution in [3.8, 4) is 0 Å². The van der Waals surface area contributed by atoms with Crippen LogP contribution in [0.2, 0.25) is 0 Å². The van der Waals surface area contributed by atoms with Gasteiger partial charge < -0.3 is 9.84 Å². The quantitative estimate of drug-likeness (QED) is 0.440. The first-order valence-electron chi connectivity index (χ1n) is 4.80. The number of carbonyl (C=O) groups is 1. The van der Waals surface area contributed by atoms with Crippen LogP contribution in [0, 0.1) is 0 Å². The van der Waals surface area contributed by atoms with Crippen LogP contribution in [-0.2, 0) is 9.53 Å². The Balaban J connectivity index is 3.60. The summed E-state index contributed by atoms with van der Waals surface area (Å²) in [4.78, 5) is 10.9. The van der Waals surface area contributed by atoms with Gasteiger partial charge in [-0.15, -0.1) is 0 Å². The van der Waals surface area contributed by atoms with E-state index in [0.29, 0.717) is 0 Å². The van der Waals surface area contributed by atoms with E-state index in [1.54, 1.807) is 0 Å². The molecular weight excluding hydrogens is 225 g/mol. The smallest absolute Gasteiger partial charge is 0.391 e. The Bertz CT molecular complexity index is 248. The maximum atomic E-state index is 11.8. The largest absolute Gasteiger partial charge is 0.462 e. The highest BCUT2D eigenvalue weighted by Crippen LogP contribution is 2.23. The number of hydrogen-bond donors (Lipinski definition) is 1. The maximum Gasteiger partial charge on any atom is 0.391 e. The highest BCUT2D eigenvalue weighted by Gasteiger charge is 2.30. The molecule has 0 amide bonds. The maximum absolute atomic E-state index is 11.8. The molecule has 1 unspecified atom stereocenters. The fourth-order valence-electron chi connectivity index (χ4n) is 0.976. The highest BCUT2D eigenvalue weighted by atomic mass is 19.4. The average Bonchev–Trinajstić information content (AvgIpc) is 2.08. The Kier molecular flexibility index (Phi) is 6.10. The number of esters is 1. The Morgan fingerprint density at radius 2 is 2.06 bits per heavy atom. The standard InChI is InChI=1S/C10H15F3O3/c1-7(2)9(15)16-5-3-4-8(14)6-10(11,12)13/h8,14H,1,3-6H2,2H3. The summed E-state index contributed by atoms with van der Waals surface area (Å²) >= 11 is 0. The summed E-state index contributed by atoms with van der Waals surface area (Å²) in [5, 5.41) is 8.98. The van der Waals surface area contributed by atoms with Crippen molar-refractivity contribution in [1.29, 1.82) is 0 Å². The number of aliphatic hydroxyl groups excluding tert-OH is 1. The normalized spacial score (nSPS) is 13.3. The van der Waals surface area contributed by atoms with Crippen molar-refractivity contribution in [3.63, 3.8) is 0 Å². The van der Waals surface area contributed by atoms with Gasteiger partial charge in [0.1, 0.15) is 0 Å². The molecule has 6 heteroatoms. The number of alkyl halides is 3. The summed E-state index contributed by atoms with van der Waals surface area (Å²) in [5.41, 5.74) is 0.232. The molecule has 94 valence electrons. The third-order valence-corrected chi connectivity index (χ3v) is 1.73. The molecule has 3 nitrogen and oxygen atoms in total. The molecule has 0 aliphatic heterocycles. The van der Waals surface area contributed by atoms with Crippen molar-refractivity contribution in [1.82, 2.24) is 0 Å². The van der Waals surface area contributed by atoms with Crippen molar-refractivity contribution in [2.45, 2.75) is 38.5 Å². The van der Waals surface area contributed by atoms with Gasteiger partial charge in [-0.05, 0) is 19.8 Å². The number of halogens is 3. The molecule has 0 heterocycles. The van der Waals surface area contributed by atoms with Gasteiger partial charge >= 0.3 is 12.1 Å². The Labute approximate surface area is 91.9 Å². The second-order valence-electron chi connectivity index (χ2n) is 3.53. The molecule has 0 rings (SSSR count). The minimum Gasteiger partial charge on any atom is -0.462 e. The van der Waals surface area contributed by atoms with Crippen LogP contribution in [0.4, 0.5) is 13.2 Å². The lowest BCUT2D eigenvalue weighted by molar-refractivity contribution is -0.155. The van der Waals surface area contributed by atoms with Crippen molar-refractivity contribution in [3.05, 3.63) is 12.2 Å². The van der Waals surface area contributed by atoms with E-state index in [1.807, 2.05) is 0 Å². The van der Waals surface area contributed by atoms with Crippen molar-refractivity contribution in [2.24, 2.45) is 0 Å². The molecule has 0 radical (unpaired) electrons. The van der Waals surface area contributed by atoms with Crippen LogP contribution in [0.1, 0.15) is 26.2 Å². The van der Waals surface area contributed by atoms with E-state index in [1.165, 1.54) is 6.92 Å². The van der Waals surface area contributed by atoms with Gasteiger partial charge in [0, 0.05) is 5.57 Å². The van der Waals surface area contributed by atoms with Crippen LogP contribution >= 0.6 is 0 Å². The lowest BCUT2D eigenvalue weighted by Crippen LogP contribution is -2.19. The van der Waals surface area contributed by atoms with Gasteiger partial charge in [0.2, 0.25) is 0 Å². The molecule has 16 heavy (non-hydrogen) atoms. The summed E-state index contributed by atoms with van der Waals surface area (Å²) in [6.45, 7) is 4.80. The van der Waals surface area contributed by atoms with Gasteiger partial charge in [-0.1, -0.05) is 6.58 Å². The van der Waals surface area contributed by atoms with Crippen LogP contribution in [0.3, 0.4) is 0 Å². The molecule has 0 aromatic heterocycles. The Morgan fingerprint density at radius 1 is 1.50 bits per heavy atom. The van der Waals surface area contributed by atoms with Crippen molar-refractivity contribution >= 4 is 5.97 Å². The Morgan fingerprint density at radius 3 is 2.50 bits per heavy atom. The first-order valence-corrected chi connectivity index (χ1v) is 4.80. The number of hydrogen-bond acceptors (Lipinski definition) is 3. The summed E-state index contributed by atoms with van der Waals surface area (Å²) in [7, 11) is 0. The van der Waals surface area contributed by atoms with Crippen LogP contribution in [-0.4, -0.2) is 30.0 Å². The van der Waals surface area contributed by atoms with E-state index in [0.717, 1.165) is 0 Å². The average molecular weight is 240 g/mol. The zero-order valence-electron chi connectivity index (χ0n) is 9.01.